The van der Waals surface area contributed by atoms with E-state index < -0.39 is 0 Å². The molecule has 0 amide bonds. The number of nitrogens with zero attached hydrogens (tertiary/aromatic N) is 3. The standard InChI is InChI=1S/C23H22N4O3/c1-29-18-6-5-13-3-4-14(7-15(13)8-18)22-26-21-19(23(28)27-22)9-16(10-20(21)30-2)17-11-24-25-12-17/h5-6,8-12,14H,3-4,7H2,1-2H3,(H,24,25)(H,26,27,28). The Morgan fingerprint density at radius 3 is 2.70 bits per heavy atom. The summed E-state index contributed by atoms with van der Waals surface area (Å²) in [5.74, 6) is 2.18. The average molecular weight is 402 g/mol. The normalized spacial score (nSPS) is 15.7. The number of aromatic amines is 1. The van der Waals surface area contributed by atoms with Gasteiger partial charge in [0.15, 0.2) is 0 Å². The van der Waals surface area contributed by atoms with Gasteiger partial charge in [-0.2, -0.15) is 10.1 Å². The number of hydrogen-bond donors (Lipinski definition) is 2. The first-order valence-corrected chi connectivity index (χ1v) is 9.90. The smallest absolute Gasteiger partial charge is 0.222 e. The van der Waals surface area contributed by atoms with E-state index in [-0.39, 0.29) is 11.8 Å². The lowest BCUT2D eigenvalue weighted by molar-refractivity contribution is 0.412. The molecule has 0 saturated carbocycles. The third-order valence-corrected chi connectivity index (χ3v) is 5.82. The van der Waals surface area contributed by atoms with E-state index in [1.165, 1.54) is 11.1 Å². The van der Waals surface area contributed by atoms with Crippen LogP contribution in [0.3, 0.4) is 0 Å². The van der Waals surface area contributed by atoms with Gasteiger partial charge in [0, 0.05) is 17.7 Å². The van der Waals surface area contributed by atoms with Crippen LogP contribution in [0.5, 0.6) is 17.4 Å². The van der Waals surface area contributed by atoms with Crippen LogP contribution >= 0.6 is 0 Å². The number of aromatic hydroxyl groups is 1. The molecule has 2 heterocycles. The lowest BCUT2D eigenvalue weighted by Crippen LogP contribution is -2.15. The van der Waals surface area contributed by atoms with E-state index in [1.807, 2.05) is 18.2 Å². The molecule has 7 nitrogen and oxygen atoms in total. The topological polar surface area (TPSA) is 93.2 Å². The summed E-state index contributed by atoms with van der Waals surface area (Å²) in [6, 6.07) is 9.98. The number of nitrogens with one attached hydrogen (secondary N) is 1. The molecule has 0 bridgehead atoms. The summed E-state index contributed by atoms with van der Waals surface area (Å²) in [6.07, 6.45) is 6.20. The lowest BCUT2D eigenvalue weighted by atomic mass is 9.83. The summed E-state index contributed by atoms with van der Waals surface area (Å²) in [6.45, 7) is 0. The first-order chi connectivity index (χ1) is 14.7. The van der Waals surface area contributed by atoms with E-state index in [0.717, 1.165) is 36.1 Å². The molecule has 0 aliphatic heterocycles. The molecular formula is C23H22N4O3. The molecule has 7 heteroatoms. The van der Waals surface area contributed by atoms with Crippen molar-refractivity contribution < 1.29 is 14.6 Å². The summed E-state index contributed by atoms with van der Waals surface area (Å²) >= 11 is 0. The minimum absolute atomic E-state index is 0.0323. The molecule has 2 aromatic carbocycles. The molecule has 1 aliphatic carbocycles. The number of aromatic nitrogens is 4. The number of fused-ring (bicyclic) bond motifs is 2. The zero-order valence-electron chi connectivity index (χ0n) is 16.8. The van der Waals surface area contributed by atoms with E-state index in [4.69, 9.17) is 14.5 Å². The minimum atomic E-state index is -0.0323. The van der Waals surface area contributed by atoms with Crippen LogP contribution in [0.15, 0.2) is 42.7 Å². The molecule has 2 aromatic heterocycles. The van der Waals surface area contributed by atoms with Gasteiger partial charge in [-0.05, 0) is 60.2 Å². The van der Waals surface area contributed by atoms with Gasteiger partial charge in [0.2, 0.25) is 5.88 Å². The Morgan fingerprint density at radius 2 is 1.93 bits per heavy atom. The second-order valence-corrected chi connectivity index (χ2v) is 7.54. The average Bonchev–Trinajstić information content (AvgIpc) is 3.32. The largest absolute Gasteiger partial charge is 0.497 e. The van der Waals surface area contributed by atoms with Crippen LogP contribution in [0.25, 0.3) is 22.0 Å². The molecule has 1 atom stereocenters. The monoisotopic (exact) mass is 402 g/mol. The molecule has 5 rings (SSSR count). The molecule has 152 valence electrons. The van der Waals surface area contributed by atoms with Gasteiger partial charge in [-0.15, -0.1) is 0 Å². The third-order valence-electron chi connectivity index (χ3n) is 5.82. The van der Waals surface area contributed by atoms with Crippen molar-refractivity contribution in [3.63, 3.8) is 0 Å². The van der Waals surface area contributed by atoms with Crippen molar-refractivity contribution in [2.45, 2.75) is 25.2 Å². The molecule has 0 fully saturated rings. The highest BCUT2D eigenvalue weighted by Gasteiger charge is 2.25. The minimum Gasteiger partial charge on any atom is -0.497 e. The van der Waals surface area contributed by atoms with Crippen molar-refractivity contribution in [3.05, 3.63) is 59.7 Å². The van der Waals surface area contributed by atoms with Crippen molar-refractivity contribution in [2.75, 3.05) is 14.2 Å². The maximum Gasteiger partial charge on any atom is 0.222 e. The predicted molar refractivity (Wildman–Crippen MR) is 113 cm³/mol. The maximum absolute atomic E-state index is 10.8. The number of methoxy groups -OCH3 is 2. The molecular weight excluding hydrogens is 380 g/mol. The van der Waals surface area contributed by atoms with Gasteiger partial charge < -0.3 is 14.6 Å². The second kappa shape index (κ2) is 7.33. The molecule has 0 spiro atoms. The van der Waals surface area contributed by atoms with Crippen molar-refractivity contribution in [1.82, 2.24) is 20.2 Å². The second-order valence-electron chi connectivity index (χ2n) is 7.54. The van der Waals surface area contributed by atoms with Gasteiger partial charge in [-0.25, -0.2) is 4.98 Å². The molecule has 2 N–H and O–H groups in total. The van der Waals surface area contributed by atoms with Crippen LogP contribution in [-0.2, 0) is 12.8 Å². The maximum atomic E-state index is 10.8. The van der Waals surface area contributed by atoms with Crippen molar-refractivity contribution >= 4 is 10.9 Å². The van der Waals surface area contributed by atoms with Crippen molar-refractivity contribution in [1.29, 1.82) is 0 Å². The predicted octanol–water partition coefficient (Wildman–Crippen LogP) is 4.02. The molecule has 0 saturated heterocycles. The summed E-state index contributed by atoms with van der Waals surface area (Å²) < 4.78 is 11.0. The summed E-state index contributed by atoms with van der Waals surface area (Å²) in [4.78, 5) is 9.29. The van der Waals surface area contributed by atoms with E-state index in [9.17, 15) is 5.11 Å². The van der Waals surface area contributed by atoms with E-state index >= 15 is 0 Å². The molecule has 30 heavy (non-hydrogen) atoms. The van der Waals surface area contributed by atoms with E-state index in [1.54, 1.807) is 26.6 Å². The summed E-state index contributed by atoms with van der Waals surface area (Å²) in [5, 5.41) is 18.1. The Morgan fingerprint density at radius 1 is 1.03 bits per heavy atom. The van der Waals surface area contributed by atoms with Gasteiger partial charge in [0.05, 0.1) is 25.8 Å². The number of H-pyrrole nitrogens is 1. The Kier molecular flexibility index (Phi) is 4.50. The Balaban J connectivity index is 1.57. The Labute approximate surface area is 173 Å². The van der Waals surface area contributed by atoms with Crippen LogP contribution in [0.1, 0.15) is 29.3 Å². The highest BCUT2D eigenvalue weighted by atomic mass is 16.5. The molecule has 0 radical (unpaired) electrons. The van der Waals surface area contributed by atoms with Crippen LogP contribution in [0.4, 0.5) is 0 Å². The van der Waals surface area contributed by atoms with Crippen molar-refractivity contribution in [2.24, 2.45) is 0 Å². The lowest BCUT2D eigenvalue weighted by Gasteiger charge is -2.24. The number of benzene rings is 2. The Bertz CT molecular complexity index is 1220. The number of hydrogen-bond acceptors (Lipinski definition) is 6. The molecule has 1 unspecified atom stereocenters. The first kappa shape index (κ1) is 18.4. The SMILES string of the molecule is COc1ccc2c(c1)CC(c1nc(O)c3cc(-c4cn[nH]c4)cc(OC)c3n1)CC2. The van der Waals surface area contributed by atoms with Gasteiger partial charge in [-0.1, -0.05) is 6.07 Å². The fourth-order valence-electron chi connectivity index (χ4n) is 4.20. The van der Waals surface area contributed by atoms with Gasteiger partial charge in [-0.3, -0.25) is 5.10 Å². The van der Waals surface area contributed by atoms with Crippen LogP contribution in [0.2, 0.25) is 0 Å². The highest BCUT2D eigenvalue weighted by Crippen LogP contribution is 2.38. The molecule has 1 aliphatic rings. The van der Waals surface area contributed by atoms with Gasteiger partial charge >= 0.3 is 0 Å². The number of rotatable bonds is 4. The fraction of sp³-hybridized carbons (Fsp3) is 0.261. The Hall–Kier alpha value is -3.61. The zero-order chi connectivity index (χ0) is 20.7. The van der Waals surface area contributed by atoms with E-state index in [2.05, 4.69) is 27.3 Å². The van der Waals surface area contributed by atoms with Crippen LogP contribution in [-0.4, -0.2) is 39.5 Å². The fourth-order valence-corrected chi connectivity index (χ4v) is 4.20. The van der Waals surface area contributed by atoms with Crippen LogP contribution < -0.4 is 9.47 Å². The molecule has 4 aromatic rings. The number of ether oxygens (including phenoxy) is 2. The van der Waals surface area contributed by atoms with Crippen LogP contribution in [0, 0.1) is 0 Å². The highest BCUT2D eigenvalue weighted by molar-refractivity contribution is 5.92. The zero-order valence-corrected chi connectivity index (χ0v) is 16.8. The first-order valence-electron chi connectivity index (χ1n) is 9.90. The van der Waals surface area contributed by atoms with Gasteiger partial charge in [0.1, 0.15) is 22.8 Å². The summed E-state index contributed by atoms with van der Waals surface area (Å²) in [5.41, 5.74) is 4.97. The summed E-state index contributed by atoms with van der Waals surface area (Å²) in [7, 11) is 3.28. The quantitative estimate of drug-likeness (QED) is 0.536. The third kappa shape index (κ3) is 3.12. The van der Waals surface area contributed by atoms with Crippen molar-refractivity contribution in [3.8, 4) is 28.5 Å². The van der Waals surface area contributed by atoms with E-state index in [0.29, 0.717) is 22.5 Å². The van der Waals surface area contributed by atoms with Gasteiger partial charge in [0.25, 0.3) is 0 Å². The number of aryl methyl sites for hydroxylation is 1.